The number of carbonyl (C=O) groups excluding carboxylic acids is 2. The fourth-order valence-electron chi connectivity index (χ4n) is 3.01. The second-order valence-electron chi connectivity index (χ2n) is 4.55. The Morgan fingerprint density at radius 2 is 1.93 bits per heavy atom. The molecular formula is C13H12O2. The van der Waals surface area contributed by atoms with Crippen molar-refractivity contribution in [1.29, 1.82) is 0 Å². The number of ketones is 2. The molecule has 15 heavy (non-hydrogen) atoms. The molecule has 1 spiro atoms. The van der Waals surface area contributed by atoms with Gasteiger partial charge in [-0.1, -0.05) is 24.3 Å². The third-order valence-corrected chi connectivity index (χ3v) is 3.74. The van der Waals surface area contributed by atoms with Crippen LogP contribution in [0.3, 0.4) is 0 Å². The minimum absolute atomic E-state index is 0.108. The predicted molar refractivity (Wildman–Crippen MR) is 55.7 cm³/mol. The first-order valence-corrected chi connectivity index (χ1v) is 5.36. The molecule has 0 N–H and O–H groups in total. The van der Waals surface area contributed by atoms with Gasteiger partial charge >= 0.3 is 0 Å². The Morgan fingerprint density at radius 1 is 1.13 bits per heavy atom. The van der Waals surface area contributed by atoms with Gasteiger partial charge in [-0.15, -0.1) is 0 Å². The number of hydrogen-bond donors (Lipinski definition) is 0. The minimum Gasteiger partial charge on any atom is -0.299 e. The van der Waals surface area contributed by atoms with Crippen LogP contribution in [-0.2, 0) is 21.4 Å². The summed E-state index contributed by atoms with van der Waals surface area (Å²) in [5.41, 5.74) is 1.93. The Balaban J connectivity index is 2.17. The molecule has 2 aliphatic rings. The number of benzene rings is 1. The molecule has 0 heterocycles. The fraction of sp³-hybridized carbons (Fsp3) is 0.385. The zero-order valence-corrected chi connectivity index (χ0v) is 8.45. The van der Waals surface area contributed by atoms with Crippen LogP contribution in [0.2, 0.25) is 0 Å². The number of carbonyl (C=O) groups is 2. The molecule has 2 nitrogen and oxygen atoms in total. The summed E-state index contributed by atoms with van der Waals surface area (Å²) in [5.74, 6) is 0.245. The van der Waals surface area contributed by atoms with Gasteiger partial charge in [0.2, 0.25) is 0 Å². The molecule has 76 valence electrons. The van der Waals surface area contributed by atoms with Crippen LogP contribution >= 0.6 is 0 Å². The van der Waals surface area contributed by atoms with E-state index in [0.29, 0.717) is 6.42 Å². The Labute approximate surface area is 88.3 Å². The molecule has 0 aliphatic heterocycles. The van der Waals surface area contributed by atoms with Gasteiger partial charge in [0, 0.05) is 6.42 Å². The van der Waals surface area contributed by atoms with E-state index < -0.39 is 5.41 Å². The van der Waals surface area contributed by atoms with Gasteiger partial charge in [-0.2, -0.15) is 0 Å². The Bertz CT molecular complexity index is 461. The van der Waals surface area contributed by atoms with E-state index >= 15 is 0 Å². The second kappa shape index (κ2) is 2.78. The molecule has 1 aromatic rings. The largest absolute Gasteiger partial charge is 0.299 e. The van der Waals surface area contributed by atoms with Crippen LogP contribution in [-0.4, -0.2) is 11.6 Å². The van der Waals surface area contributed by atoms with Crippen molar-refractivity contribution in [3.63, 3.8) is 0 Å². The summed E-state index contributed by atoms with van der Waals surface area (Å²) in [6, 6.07) is 8.04. The molecule has 1 fully saturated rings. The first-order valence-electron chi connectivity index (χ1n) is 5.36. The number of Topliss-reactive ketones (excluding diaryl/α,β-unsaturated/α-hetero) is 2. The van der Waals surface area contributed by atoms with Crippen molar-refractivity contribution >= 4 is 11.6 Å². The monoisotopic (exact) mass is 200 g/mol. The van der Waals surface area contributed by atoms with Gasteiger partial charge in [0.05, 0.1) is 11.8 Å². The molecule has 1 saturated carbocycles. The average Bonchev–Trinajstić information content (AvgIpc) is 2.72. The standard InChI is InChI=1S/C13H12O2/c14-10-7-12(15)13(8-10)6-5-9-3-1-2-4-11(9)13/h1-4H,5-8H2. The van der Waals surface area contributed by atoms with E-state index in [9.17, 15) is 9.59 Å². The van der Waals surface area contributed by atoms with Gasteiger partial charge in [-0.25, -0.2) is 0 Å². The van der Waals surface area contributed by atoms with Crippen LogP contribution < -0.4 is 0 Å². The van der Waals surface area contributed by atoms with E-state index in [2.05, 4.69) is 6.07 Å². The third kappa shape index (κ3) is 1.05. The third-order valence-electron chi connectivity index (χ3n) is 3.74. The van der Waals surface area contributed by atoms with Crippen molar-refractivity contribution in [2.24, 2.45) is 0 Å². The number of hydrogen-bond acceptors (Lipinski definition) is 2. The maximum Gasteiger partial charge on any atom is 0.151 e. The van der Waals surface area contributed by atoms with E-state index in [1.54, 1.807) is 0 Å². The van der Waals surface area contributed by atoms with Gasteiger partial charge in [0.1, 0.15) is 5.78 Å². The van der Waals surface area contributed by atoms with E-state index in [-0.39, 0.29) is 18.0 Å². The van der Waals surface area contributed by atoms with Crippen molar-refractivity contribution in [3.05, 3.63) is 35.4 Å². The lowest BCUT2D eigenvalue weighted by atomic mass is 9.79. The normalized spacial score (nSPS) is 28.8. The molecule has 2 heteroatoms. The van der Waals surface area contributed by atoms with Crippen LogP contribution in [0.25, 0.3) is 0 Å². The van der Waals surface area contributed by atoms with E-state index in [1.165, 1.54) is 5.56 Å². The van der Waals surface area contributed by atoms with Crippen LogP contribution in [0, 0.1) is 0 Å². The van der Waals surface area contributed by atoms with Crippen molar-refractivity contribution in [2.75, 3.05) is 0 Å². The van der Waals surface area contributed by atoms with Gasteiger partial charge in [0.15, 0.2) is 5.78 Å². The summed E-state index contributed by atoms with van der Waals surface area (Å²) in [6.07, 6.45) is 2.35. The van der Waals surface area contributed by atoms with Crippen molar-refractivity contribution in [2.45, 2.75) is 31.1 Å². The highest BCUT2D eigenvalue weighted by Crippen LogP contribution is 2.46. The highest BCUT2D eigenvalue weighted by Gasteiger charge is 2.50. The van der Waals surface area contributed by atoms with Gasteiger partial charge in [-0.3, -0.25) is 9.59 Å². The van der Waals surface area contributed by atoms with Gasteiger partial charge in [0.25, 0.3) is 0 Å². The minimum atomic E-state index is -0.437. The van der Waals surface area contributed by atoms with E-state index in [0.717, 1.165) is 18.4 Å². The number of rotatable bonds is 0. The molecule has 3 rings (SSSR count). The lowest BCUT2D eigenvalue weighted by molar-refractivity contribution is -0.123. The van der Waals surface area contributed by atoms with Crippen molar-refractivity contribution in [3.8, 4) is 0 Å². The van der Waals surface area contributed by atoms with Crippen LogP contribution in [0.15, 0.2) is 24.3 Å². The molecule has 1 aromatic carbocycles. The smallest absolute Gasteiger partial charge is 0.151 e. The summed E-state index contributed by atoms with van der Waals surface area (Å²) in [7, 11) is 0. The molecule has 2 aliphatic carbocycles. The first-order chi connectivity index (χ1) is 7.22. The topological polar surface area (TPSA) is 34.1 Å². The molecule has 0 amide bonds. The molecule has 1 atom stereocenters. The van der Waals surface area contributed by atoms with Crippen LogP contribution in [0.5, 0.6) is 0 Å². The lowest BCUT2D eigenvalue weighted by Gasteiger charge is -2.21. The quantitative estimate of drug-likeness (QED) is 0.598. The molecule has 1 unspecified atom stereocenters. The second-order valence-corrected chi connectivity index (χ2v) is 4.55. The Hall–Kier alpha value is -1.44. The average molecular weight is 200 g/mol. The van der Waals surface area contributed by atoms with Gasteiger partial charge < -0.3 is 0 Å². The molecule has 0 radical (unpaired) electrons. The molecule has 0 bridgehead atoms. The van der Waals surface area contributed by atoms with Crippen molar-refractivity contribution < 1.29 is 9.59 Å². The van der Waals surface area contributed by atoms with E-state index in [1.807, 2.05) is 18.2 Å². The van der Waals surface area contributed by atoms with Crippen LogP contribution in [0.4, 0.5) is 0 Å². The highest BCUT2D eigenvalue weighted by atomic mass is 16.2. The zero-order valence-electron chi connectivity index (χ0n) is 8.45. The number of fused-ring (bicyclic) bond motifs is 2. The SMILES string of the molecule is O=C1CC(=O)C2(CCc3ccccc32)C1. The lowest BCUT2D eigenvalue weighted by Crippen LogP contribution is -2.27. The number of aryl methyl sites for hydroxylation is 1. The maximum absolute atomic E-state index is 12.0. The zero-order chi connectivity index (χ0) is 10.5. The maximum atomic E-state index is 12.0. The fourth-order valence-corrected chi connectivity index (χ4v) is 3.01. The Morgan fingerprint density at radius 3 is 2.67 bits per heavy atom. The summed E-state index contributed by atoms with van der Waals surface area (Å²) in [5, 5.41) is 0. The highest BCUT2D eigenvalue weighted by molar-refractivity contribution is 6.12. The molecule has 0 saturated heterocycles. The summed E-state index contributed by atoms with van der Waals surface area (Å²) < 4.78 is 0. The summed E-state index contributed by atoms with van der Waals surface area (Å²) in [6.45, 7) is 0. The van der Waals surface area contributed by atoms with Crippen molar-refractivity contribution in [1.82, 2.24) is 0 Å². The summed E-state index contributed by atoms with van der Waals surface area (Å²) >= 11 is 0. The Kier molecular flexibility index (Phi) is 1.64. The van der Waals surface area contributed by atoms with E-state index in [4.69, 9.17) is 0 Å². The van der Waals surface area contributed by atoms with Gasteiger partial charge in [-0.05, 0) is 24.0 Å². The van der Waals surface area contributed by atoms with Crippen LogP contribution in [0.1, 0.15) is 30.4 Å². The molecule has 0 aromatic heterocycles. The molecular weight excluding hydrogens is 188 g/mol. The summed E-state index contributed by atoms with van der Waals surface area (Å²) in [4.78, 5) is 23.4. The predicted octanol–water partition coefficient (Wildman–Crippen LogP) is 1.80. The first kappa shape index (κ1) is 8.84.